The number of halogens is 3. The summed E-state index contributed by atoms with van der Waals surface area (Å²) in [5, 5.41) is 5.06. The molecule has 0 spiro atoms. The normalized spacial score (nSPS) is 29.3. The molecule has 0 aliphatic heterocycles. The zero-order valence-electron chi connectivity index (χ0n) is 11.7. The van der Waals surface area contributed by atoms with Crippen molar-refractivity contribution in [2.45, 2.75) is 58.3 Å². The van der Waals surface area contributed by atoms with Gasteiger partial charge in [0.15, 0.2) is 0 Å². The van der Waals surface area contributed by atoms with Crippen molar-refractivity contribution in [2.24, 2.45) is 11.8 Å². The molecule has 6 heteroatoms. The highest BCUT2D eigenvalue weighted by atomic mass is 19.4. The molecule has 0 aromatic heterocycles. The van der Waals surface area contributed by atoms with Gasteiger partial charge in [0.25, 0.3) is 0 Å². The van der Waals surface area contributed by atoms with E-state index < -0.39 is 24.7 Å². The number of hydrogen-bond donors (Lipinski definition) is 2. The summed E-state index contributed by atoms with van der Waals surface area (Å²) in [5.41, 5.74) is 0. The Morgan fingerprint density at radius 1 is 1.37 bits per heavy atom. The lowest BCUT2D eigenvalue weighted by molar-refractivity contribution is -0.139. The topological polar surface area (TPSA) is 41.1 Å². The molecule has 1 fully saturated rings. The molecular formula is C13H23F3N2O. The van der Waals surface area contributed by atoms with Gasteiger partial charge in [0.2, 0.25) is 5.91 Å². The van der Waals surface area contributed by atoms with E-state index in [9.17, 15) is 18.0 Å². The van der Waals surface area contributed by atoms with E-state index in [1.165, 1.54) is 0 Å². The molecule has 4 unspecified atom stereocenters. The van der Waals surface area contributed by atoms with Crippen LogP contribution in [0.3, 0.4) is 0 Å². The number of alkyl halides is 3. The molecule has 2 N–H and O–H groups in total. The van der Waals surface area contributed by atoms with Crippen LogP contribution in [0.25, 0.3) is 0 Å². The third kappa shape index (κ3) is 5.01. The smallest absolute Gasteiger partial charge is 0.346 e. The molecular weight excluding hydrogens is 257 g/mol. The standard InChI is InChI=1S/C13H23F3N2O/c1-4-10-5-6-11(8(10)2)18-9(3)12(19)17-7-13(14,15)16/h8-11,18H,4-7H2,1-3H3,(H,17,19). The van der Waals surface area contributed by atoms with Crippen LogP contribution < -0.4 is 10.6 Å². The van der Waals surface area contributed by atoms with E-state index in [-0.39, 0.29) is 6.04 Å². The molecule has 3 nitrogen and oxygen atoms in total. The second-order valence-electron chi connectivity index (χ2n) is 5.43. The van der Waals surface area contributed by atoms with Crippen LogP contribution in [-0.2, 0) is 4.79 Å². The first-order chi connectivity index (χ1) is 8.74. The highest BCUT2D eigenvalue weighted by Gasteiger charge is 2.34. The second kappa shape index (κ2) is 6.59. The van der Waals surface area contributed by atoms with Crippen molar-refractivity contribution >= 4 is 5.91 Å². The molecule has 19 heavy (non-hydrogen) atoms. The predicted octanol–water partition coefficient (Wildman–Crippen LogP) is 2.47. The fourth-order valence-electron chi connectivity index (χ4n) is 2.80. The highest BCUT2D eigenvalue weighted by molar-refractivity contribution is 5.81. The fourth-order valence-corrected chi connectivity index (χ4v) is 2.80. The monoisotopic (exact) mass is 280 g/mol. The first-order valence-corrected chi connectivity index (χ1v) is 6.85. The lowest BCUT2D eigenvalue weighted by atomic mass is 9.93. The minimum atomic E-state index is -4.36. The average molecular weight is 280 g/mol. The maximum Gasteiger partial charge on any atom is 0.405 e. The van der Waals surface area contributed by atoms with Gasteiger partial charge >= 0.3 is 6.18 Å². The number of carbonyl (C=O) groups excluding carboxylic acids is 1. The van der Waals surface area contributed by atoms with E-state index in [4.69, 9.17) is 0 Å². The van der Waals surface area contributed by atoms with Crippen LogP contribution >= 0.6 is 0 Å². The number of amides is 1. The SMILES string of the molecule is CCC1CCC(NC(C)C(=O)NCC(F)(F)F)C1C. The van der Waals surface area contributed by atoms with Gasteiger partial charge in [-0.05, 0) is 31.6 Å². The Kier molecular flexibility index (Phi) is 5.64. The zero-order valence-corrected chi connectivity index (χ0v) is 11.7. The Labute approximate surface area is 112 Å². The lowest BCUT2D eigenvalue weighted by Gasteiger charge is -2.24. The molecule has 1 aliphatic carbocycles. The van der Waals surface area contributed by atoms with Crippen molar-refractivity contribution in [3.8, 4) is 0 Å². The van der Waals surface area contributed by atoms with Gasteiger partial charge in [-0.15, -0.1) is 0 Å². The van der Waals surface area contributed by atoms with Gasteiger partial charge < -0.3 is 10.6 Å². The average Bonchev–Trinajstić information content (AvgIpc) is 2.66. The Morgan fingerprint density at radius 2 is 2.00 bits per heavy atom. The molecule has 0 bridgehead atoms. The summed E-state index contributed by atoms with van der Waals surface area (Å²) in [5.74, 6) is 0.510. The third-order valence-electron chi connectivity index (χ3n) is 4.07. The third-order valence-corrected chi connectivity index (χ3v) is 4.07. The van der Waals surface area contributed by atoms with Crippen LogP contribution in [-0.4, -0.2) is 30.7 Å². The van der Waals surface area contributed by atoms with Gasteiger partial charge in [-0.3, -0.25) is 4.79 Å². The van der Waals surface area contributed by atoms with Crippen molar-refractivity contribution in [3.05, 3.63) is 0 Å². The molecule has 1 amide bonds. The van der Waals surface area contributed by atoms with E-state index in [1.807, 2.05) is 5.32 Å². The molecule has 1 saturated carbocycles. The molecule has 4 atom stereocenters. The highest BCUT2D eigenvalue weighted by Crippen LogP contribution is 2.34. The lowest BCUT2D eigenvalue weighted by Crippen LogP contribution is -2.49. The summed E-state index contributed by atoms with van der Waals surface area (Å²) in [6, 6.07) is -0.373. The molecule has 0 aromatic carbocycles. The van der Waals surface area contributed by atoms with Gasteiger partial charge in [0, 0.05) is 6.04 Å². The van der Waals surface area contributed by atoms with Gasteiger partial charge in [-0.1, -0.05) is 20.3 Å². The van der Waals surface area contributed by atoms with Crippen LogP contribution in [0, 0.1) is 11.8 Å². The van der Waals surface area contributed by atoms with Crippen molar-refractivity contribution in [1.82, 2.24) is 10.6 Å². The summed E-state index contributed by atoms with van der Waals surface area (Å²) >= 11 is 0. The van der Waals surface area contributed by atoms with E-state index in [0.29, 0.717) is 11.8 Å². The van der Waals surface area contributed by atoms with E-state index in [0.717, 1.165) is 19.3 Å². The first-order valence-electron chi connectivity index (χ1n) is 6.85. The molecule has 0 radical (unpaired) electrons. The first kappa shape index (κ1) is 16.3. The van der Waals surface area contributed by atoms with E-state index in [2.05, 4.69) is 19.2 Å². The van der Waals surface area contributed by atoms with Crippen LogP contribution in [0.15, 0.2) is 0 Å². The summed E-state index contributed by atoms with van der Waals surface area (Å²) < 4.78 is 36.0. The maximum absolute atomic E-state index is 12.0. The van der Waals surface area contributed by atoms with Gasteiger partial charge in [-0.2, -0.15) is 13.2 Å². The summed E-state index contributed by atoms with van der Waals surface area (Å²) in [6.07, 6.45) is -1.15. The molecule has 112 valence electrons. The molecule has 1 rings (SSSR count). The van der Waals surface area contributed by atoms with Crippen molar-refractivity contribution in [3.63, 3.8) is 0 Å². The Balaban J connectivity index is 2.38. The predicted molar refractivity (Wildman–Crippen MR) is 67.6 cm³/mol. The number of hydrogen-bond acceptors (Lipinski definition) is 2. The Bertz CT molecular complexity index is 307. The molecule has 1 aliphatic rings. The van der Waals surface area contributed by atoms with Crippen LogP contribution in [0.4, 0.5) is 13.2 Å². The van der Waals surface area contributed by atoms with Gasteiger partial charge in [0.05, 0.1) is 6.04 Å². The van der Waals surface area contributed by atoms with Crippen molar-refractivity contribution in [1.29, 1.82) is 0 Å². The summed E-state index contributed by atoms with van der Waals surface area (Å²) in [4.78, 5) is 11.6. The zero-order chi connectivity index (χ0) is 14.6. The molecule has 0 aromatic rings. The van der Waals surface area contributed by atoms with Crippen molar-refractivity contribution in [2.75, 3.05) is 6.54 Å². The summed E-state index contributed by atoms with van der Waals surface area (Å²) in [7, 11) is 0. The van der Waals surface area contributed by atoms with Crippen LogP contribution in [0.1, 0.15) is 40.0 Å². The van der Waals surface area contributed by atoms with Crippen LogP contribution in [0.2, 0.25) is 0 Å². The number of rotatable bonds is 5. The fraction of sp³-hybridized carbons (Fsp3) is 0.923. The largest absolute Gasteiger partial charge is 0.405 e. The Hall–Kier alpha value is -0.780. The number of nitrogens with one attached hydrogen (secondary N) is 2. The Morgan fingerprint density at radius 3 is 2.47 bits per heavy atom. The molecule has 0 heterocycles. The minimum Gasteiger partial charge on any atom is -0.346 e. The van der Waals surface area contributed by atoms with Gasteiger partial charge in [0.1, 0.15) is 6.54 Å². The van der Waals surface area contributed by atoms with E-state index >= 15 is 0 Å². The minimum absolute atomic E-state index is 0.219. The van der Waals surface area contributed by atoms with Gasteiger partial charge in [-0.25, -0.2) is 0 Å². The van der Waals surface area contributed by atoms with Crippen molar-refractivity contribution < 1.29 is 18.0 Å². The second-order valence-corrected chi connectivity index (χ2v) is 5.43. The van der Waals surface area contributed by atoms with Crippen LogP contribution in [0.5, 0.6) is 0 Å². The summed E-state index contributed by atoms with van der Waals surface area (Å²) in [6.45, 7) is 4.62. The maximum atomic E-state index is 12.0. The number of carbonyl (C=O) groups is 1. The molecule has 0 saturated heterocycles. The van der Waals surface area contributed by atoms with E-state index in [1.54, 1.807) is 6.92 Å². The quantitative estimate of drug-likeness (QED) is 0.812.